The first-order valence-corrected chi connectivity index (χ1v) is 7.13. The average molecular weight is 316 g/mol. The highest BCUT2D eigenvalue weighted by Crippen LogP contribution is 2.21. The summed E-state index contributed by atoms with van der Waals surface area (Å²) in [5, 5.41) is 18.7. The summed E-state index contributed by atoms with van der Waals surface area (Å²) >= 11 is 0. The Kier molecular flexibility index (Phi) is 4.68. The Hall–Kier alpha value is -2.83. The lowest BCUT2D eigenvalue weighted by Crippen LogP contribution is -2.34. The van der Waals surface area contributed by atoms with Crippen LogP contribution in [-0.4, -0.2) is 41.3 Å². The zero-order valence-corrected chi connectivity index (χ0v) is 13.5. The van der Waals surface area contributed by atoms with Gasteiger partial charge in [-0.25, -0.2) is 4.79 Å². The van der Waals surface area contributed by atoms with Crippen LogP contribution in [0, 0.1) is 13.8 Å². The molecule has 23 heavy (non-hydrogen) atoms. The second-order valence-corrected chi connectivity index (χ2v) is 5.53. The van der Waals surface area contributed by atoms with Crippen molar-refractivity contribution in [3.63, 3.8) is 0 Å². The van der Waals surface area contributed by atoms with Gasteiger partial charge in [0.1, 0.15) is 0 Å². The molecule has 0 unspecified atom stereocenters. The molecule has 0 fully saturated rings. The maximum absolute atomic E-state index is 12.3. The van der Waals surface area contributed by atoms with Gasteiger partial charge >= 0.3 is 5.97 Å². The molecule has 0 aliphatic rings. The van der Waals surface area contributed by atoms with Gasteiger partial charge < -0.3 is 15.3 Å². The Labute approximate surface area is 134 Å². The number of aromatic nitrogens is 2. The summed E-state index contributed by atoms with van der Waals surface area (Å²) in [5.41, 5.74) is 3.02. The van der Waals surface area contributed by atoms with Crippen LogP contribution in [0.2, 0.25) is 0 Å². The second-order valence-electron chi connectivity index (χ2n) is 5.53. The van der Waals surface area contributed by atoms with Crippen LogP contribution in [0.15, 0.2) is 24.3 Å². The van der Waals surface area contributed by atoms with Gasteiger partial charge in [-0.1, -0.05) is 0 Å². The Bertz CT molecular complexity index is 700. The van der Waals surface area contributed by atoms with E-state index in [0.29, 0.717) is 22.5 Å². The number of H-pyrrole nitrogens is 1. The molecule has 2 rings (SSSR count). The first kappa shape index (κ1) is 16.5. The van der Waals surface area contributed by atoms with Gasteiger partial charge in [0, 0.05) is 36.6 Å². The molecule has 0 saturated heterocycles. The first-order valence-electron chi connectivity index (χ1n) is 7.13. The van der Waals surface area contributed by atoms with Crippen LogP contribution in [0.25, 0.3) is 0 Å². The summed E-state index contributed by atoms with van der Waals surface area (Å²) in [7, 11) is 3.81. The van der Waals surface area contributed by atoms with Crippen LogP contribution in [0.3, 0.4) is 0 Å². The van der Waals surface area contributed by atoms with Crippen molar-refractivity contribution in [1.82, 2.24) is 15.5 Å². The van der Waals surface area contributed by atoms with E-state index in [9.17, 15) is 14.7 Å². The Morgan fingerprint density at radius 2 is 1.83 bits per heavy atom. The number of aliphatic carboxylic acids is 1. The van der Waals surface area contributed by atoms with Crippen LogP contribution in [0.5, 0.6) is 0 Å². The number of benzene rings is 1. The molecule has 3 N–H and O–H groups in total. The molecule has 0 aliphatic carbocycles. The van der Waals surface area contributed by atoms with Crippen LogP contribution >= 0.6 is 0 Å². The number of nitrogens with zero attached hydrogens (tertiary/aromatic N) is 2. The third-order valence-corrected chi connectivity index (χ3v) is 3.64. The Morgan fingerprint density at radius 1 is 1.22 bits per heavy atom. The van der Waals surface area contributed by atoms with Crippen molar-refractivity contribution in [2.45, 2.75) is 19.9 Å². The lowest BCUT2D eigenvalue weighted by molar-refractivity contribution is -0.139. The first-order chi connectivity index (χ1) is 10.8. The zero-order chi connectivity index (χ0) is 17.1. The number of carboxylic acids is 1. The summed E-state index contributed by atoms with van der Waals surface area (Å²) in [6, 6.07) is 5.80. The molecular formula is C16H20N4O3. The number of carbonyl (C=O) groups is 2. The number of aryl methyl sites for hydroxylation is 2. The van der Waals surface area contributed by atoms with Gasteiger partial charge in [0.25, 0.3) is 5.91 Å². The number of carboxylic acid groups (broad SMARTS) is 1. The van der Waals surface area contributed by atoms with E-state index >= 15 is 0 Å². The monoisotopic (exact) mass is 316 g/mol. The summed E-state index contributed by atoms with van der Waals surface area (Å²) in [4.78, 5) is 25.8. The molecule has 7 heteroatoms. The quantitative estimate of drug-likeness (QED) is 0.779. The maximum Gasteiger partial charge on any atom is 0.331 e. The molecule has 1 aromatic carbocycles. The van der Waals surface area contributed by atoms with Crippen molar-refractivity contribution in [3.8, 4) is 0 Å². The highest BCUT2D eigenvalue weighted by atomic mass is 16.4. The topological polar surface area (TPSA) is 98.3 Å². The average Bonchev–Trinajstić information content (AvgIpc) is 2.83. The van der Waals surface area contributed by atoms with Crippen molar-refractivity contribution < 1.29 is 14.7 Å². The predicted molar refractivity (Wildman–Crippen MR) is 86.7 cm³/mol. The van der Waals surface area contributed by atoms with E-state index in [0.717, 1.165) is 5.69 Å². The van der Waals surface area contributed by atoms with E-state index in [2.05, 4.69) is 15.5 Å². The zero-order valence-electron chi connectivity index (χ0n) is 13.5. The molecule has 0 bridgehead atoms. The number of hydrogen-bond acceptors (Lipinski definition) is 4. The van der Waals surface area contributed by atoms with Crippen molar-refractivity contribution in [1.29, 1.82) is 0 Å². The van der Waals surface area contributed by atoms with Crippen LogP contribution in [0.4, 0.5) is 5.69 Å². The van der Waals surface area contributed by atoms with Gasteiger partial charge in [-0.15, -0.1) is 0 Å². The molecule has 0 spiro atoms. The molecule has 1 heterocycles. The highest BCUT2D eigenvalue weighted by Gasteiger charge is 2.27. The highest BCUT2D eigenvalue weighted by molar-refractivity contribution is 5.97. The number of aromatic amines is 1. The smallest absolute Gasteiger partial charge is 0.331 e. The van der Waals surface area contributed by atoms with E-state index < -0.39 is 17.9 Å². The normalized spacial score (nSPS) is 11.8. The van der Waals surface area contributed by atoms with Crippen molar-refractivity contribution in [2.75, 3.05) is 19.0 Å². The molecule has 7 nitrogen and oxygen atoms in total. The lowest BCUT2D eigenvalue weighted by atomic mass is 10.0. The fraction of sp³-hybridized carbons (Fsp3) is 0.312. The minimum Gasteiger partial charge on any atom is -0.479 e. The molecule has 122 valence electrons. The Morgan fingerprint density at radius 3 is 2.26 bits per heavy atom. The summed E-state index contributed by atoms with van der Waals surface area (Å²) < 4.78 is 0. The number of anilines is 1. The maximum atomic E-state index is 12.3. The number of amides is 1. The molecule has 0 radical (unpaired) electrons. The third-order valence-electron chi connectivity index (χ3n) is 3.64. The largest absolute Gasteiger partial charge is 0.479 e. The number of hydrogen-bond donors (Lipinski definition) is 3. The summed E-state index contributed by atoms with van der Waals surface area (Å²) in [6.07, 6.45) is 0. The van der Waals surface area contributed by atoms with Gasteiger partial charge in [0.05, 0.1) is 5.69 Å². The van der Waals surface area contributed by atoms with Gasteiger partial charge in [-0.3, -0.25) is 9.89 Å². The SMILES string of the molecule is Cc1n[nH]c(C)c1[C@@H](NC(=O)c1ccc(N(C)C)cc1)C(=O)O. The third kappa shape index (κ3) is 3.50. The molecule has 1 atom stereocenters. The Balaban J connectivity index is 2.23. The van der Waals surface area contributed by atoms with Gasteiger partial charge in [0.2, 0.25) is 0 Å². The van der Waals surface area contributed by atoms with E-state index in [1.165, 1.54) is 0 Å². The van der Waals surface area contributed by atoms with Crippen molar-refractivity contribution in [3.05, 3.63) is 46.8 Å². The fourth-order valence-electron chi connectivity index (χ4n) is 2.37. The molecule has 1 aromatic heterocycles. The molecular weight excluding hydrogens is 296 g/mol. The fourth-order valence-corrected chi connectivity index (χ4v) is 2.37. The molecule has 0 saturated carbocycles. The molecule has 2 aromatic rings. The van der Waals surface area contributed by atoms with Crippen LogP contribution in [0.1, 0.15) is 33.4 Å². The molecule has 1 amide bonds. The number of rotatable bonds is 5. The second kappa shape index (κ2) is 6.51. The minimum atomic E-state index is -1.14. The molecule has 0 aliphatic heterocycles. The van der Waals surface area contributed by atoms with E-state index in [4.69, 9.17) is 0 Å². The van der Waals surface area contributed by atoms with Crippen molar-refractivity contribution >= 4 is 17.6 Å². The number of nitrogens with one attached hydrogen (secondary N) is 2. The van der Waals surface area contributed by atoms with Crippen LogP contribution in [-0.2, 0) is 4.79 Å². The lowest BCUT2D eigenvalue weighted by Gasteiger charge is -2.16. The summed E-state index contributed by atoms with van der Waals surface area (Å²) in [5.74, 6) is -1.57. The standard InChI is InChI=1S/C16H20N4O3/c1-9-13(10(2)19-18-9)14(16(22)23)17-15(21)11-5-7-12(8-6-11)20(3)4/h5-8,14H,1-4H3,(H,17,21)(H,18,19)(H,22,23)/t14-/m1/s1. The van der Waals surface area contributed by atoms with Crippen LogP contribution < -0.4 is 10.2 Å². The summed E-state index contributed by atoms with van der Waals surface area (Å²) in [6.45, 7) is 3.43. The van der Waals surface area contributed by atoms with Gasteiger partial charge in [-0.05, 0) is 38.1 Å². The number of carbonyl (C=O) groups excluding carboxylic acids is 1. The predicted octanol–water partition coefficient (Wildman–Crippen LogP) is 1.65. The van der Waals surface area contributed by atoms with E-state index in [1.54, 1.807) is 38.1 Å². The minimum absolute atomic E-state index is 0.403. The van der Waals surface area contributed by atoms with E-state index in [1.807, 2.05) is 19.0 Å². The van der Waals surface area contributed by atoms with Gasteiger partial charge in [-0.2, -0.15) is 5.10 Å². The van der Waals surface area contributed by atoms with Gasteiger partial charge in [0.15, 0.2) is 6.04 Å². The van der Waals surface area contributed by atoms with Crippen molar-refractivity contribution in [2.24, 2.45) is 0 Å². The van der Waals surface area contributed by atoms with E-state index in [-0.39, 0.29) is 0 Å².